The number of hydrogen-bond donors (Lipinski definition) is 3. The van der Waals surface area contributed by atoms with Crippen molar-refractivity contribution in [2.75, 3.05) is 5.73 Å². The number of nitrogens with two attached hydrogens (primary N) is 3. The largest absolute Gasteiger partial charge is 0.398 e. The lowest BCUT2D eigenvalue weighted by Crippen LogP contribution is -2.14. The van der Waals surface area contributed by atoms with E-state index in [0.29, 0.717) is 22.3 Å². The Kier molecular flexibility index (Phi) is 5.37. The van der Waals surface area contributed by atoms with Crippen molar-refractivity contribution in [3.63, 3.8) is 0 Å². The van der Waals surface area contributed by atoms with Crippen LogP contribution in [-0.2, 0) is 10.0 Å². The van der Waals surface area contributed by atoms with Gasteiger partial charge >= 0.3 is 0 Å². The third-order valence-corrected chi connectivity index (χ3v) is 5.06. The number of halogens is 1. The van der Waals surface area contributed by atoms with Gasteiger partial charge in [0.25, 0.3) is 5.91 Å². The van der Waals surface area contributed by atoms with Crippen molar-refractivity contribution in [3.8, 4) is 23.0 Å². The first kappa shape index (κ1) is 20.1. The predicted molar refractivity (Wildman–Crippen MR) is 109 cm³/mol. The summed E-state index contributed by atoms with van der Waals surface area (Å²) in [6.07, 6.45) is 0. The molecule has 3 aromatic carbocycles. The van der Waals surface area contributed by atoms with Crippen molar-refractivity contribution in [2.45, 2.75) is 4.90 Å². The molecule has 0 aliphatic carbocycles. The Hall–Kier alpha value is -3.67. The number of rotatable bonds is 3. The maximum atomic E-state index is 13.0. The molecule has 0 saturated carbocycles. The van der Waals surface area contributed by atoms with Crippen LogP contribution in [0.15, 0.2) is 65.6 Å². The highest BCUT2D eigenvalue weighted by Crippen LogP contribution is 2.31. The Morgan fingerprint density at radius 3 is 2.03 bits per heavy atom. The van der Waals surface area contributed by atoms with Crippen LogP contribution in [0.1, 0.15) is 21.5 Å². The SMILES string of the molecule is NC(=O)c1cc(C#Cc2ccc(F)cc2)cc(-c2ccc(S(N)(=O)=O)cc2)c1N. The molecule has 0 atom stereocenters. The fourth-order valence-corrected chi connectivity index (χ4v) is 3.19. The summed E-state index contributed by atoms with van der Waals surface area (Å²) in [7, 11) is -3.84. The summed E-state index contributed by atoms with van der Waals surface area (Å²) < 4.78 is 35.9. The highest BCUT2D eigenvalue weighted by molar-refractivity contribution is 7.89. The zero-order valence-electron chi connectivity index (χ0n) is 15.0. The molecule has 0 heterocycles. The molecule has 1 amide bonds. The molecule has 0 fully saturated rings. The van der Waals surface area contributed by atoms with Gasteiger partial charge in [0.1, 0.15) is 5.82 Å². The zero-order chi connectivity index (χ0) is 21.2. The van der Waals surface area contributed by atoms with Gasteiger partial charge in [-0.05, 0) is 54.1 Å². The average Bonchev–Trinajstić information content (AvgIpc) is 2.67. The second-order valence-electron chi connectivity index (χ2n) is 6.18. The lowest BCUT2D eigenvalue weighted by Gasteiger charge is -2.11. The summed E-state index contributed by atoms with van der Waals surface area (Å²) >= 11 is 0. The normalized spacial score (nSPS) is 10.8. The van der Waals surface area contributed by atoms with E-state index in [1.165, 1.54) is 54.6 Å². The van der Waals surface area contributed by atoms with Crippen LogP contribution in [-0.4, -0.2) is 14.3 Å². The van der Waals surface area contributed by atoms with E-state index in [0.717, 1.165) is 0 Å². The molecule has 6 nitrogen and oxygen atoms in total. The van der Waals surface area contributed by atoms with E-state index in [9.17, 15) is 17.6 Å². The van der Waals surface area contributed by atoms with Crippen molar-refractivity contribution >= 4 is 21.6 Å². The highest BCUT2D eigenvalue weighted by atomic mass is 32.2. The zero-order valence-corrected chi connectivity index (χ0v) is 15.8. The van der Waals surface area contributed by atoms with Gasteiger partial charge in [-0.15, -0.1) is 0 Å². The fourth-order valence-electron chi connectivity index (χ4n) is 2.67. The van der Waals surface area contributed by atoms with Gasteiger partial charge in [0, 0.05) is 16.7 Å². The van der Waals surface area contributed by atoms with Crippen LogP contribution in [0.4, 0.5) is 10.1 Å². The number of nitrogen functional groups attached to an aromatic ring is 1. The van der Waals surface area contributed by atoms with Gasteiger partial charge in [-0.3, -0.25) is 4.79 Å². The van der Waals surface area contributed by atoms with Gasteiger partial charge in [-0.2, -0.15) is 0 Å². The molecule has 3 aromatic rings. The summed E-state index contributed by atoms with van der Waals surface area (Å²) in [4.78, 5) is 11.8. The van der Waals surface area contributed by atoms with Crippen molar-refractivity contribution in [2.24, 2.45) is 10.9 Å². The van der Waals surface area contributed by atoms with E-state index in [-0.39, 0.29) is 22.0 Å². The minimum Gasteiger partial charge on any atom is -0.398 e. The molecule has 8 heteroatoms. The van der Waals surface area contributed by atoms with E-state index in [4.69, 9.17) is 16.6 Å². The highest BCUT2D eigenvalue weighted by Gasteiger charge is 2.14. The van der Waals surface area contributed by atoms with E-state index in [1.807, 2.05) is 0 Å². The number of carbonyl (C=O) groups is 1. The summed E-state index contributed by atoms with van der Waals surface area (Å²) in [5.74, 6) is 4.68. The molecule has 0 aliphatic rings. The number of anilines is 1. The topological polar surface area (TPSA) is 129 Å². The van der Waals surface area contributed by atoms with Gasteiger partial charge in [-0.25, -0.2) is 17.9 Å². The van der Waals surface area contributed by atoms with Crippen LogP contribution in [0.3, 0.4) is 0 Å². The first-order chi connectivity index (χ1) is 13.6. The van der Waals surface area contributed by atoms with Crippen LogP contribution in [0.5, 0.6) is 0 Å². The Morgan fingerprint density at radius 1 is 0.897 bits per heavy atom. The minimum atomic E-state index is -3.84. The van der Waals surface area contributed by atoms with Crippen molar-refractivity contribution in [3.05, 3.63) is 83.2 Å². The van der Waals surface area contributed by atoms with E-state index < -0.39 is 15.9 Å². The molecule has 0 radical (unpaired) electrons. The lowest BCUT2D eigenvalue weighted by atomic mass is 9.97. The second-order valence-corrected chi connectivity index (χ2v) is 7.74. The van der Waals surface area contributed by atoms with Crippen LogP contribution < -0.4 is 16.6 Å². The Morgan fingerprint density at radius 2 is 1.48 bits per heavy atom. The number of benzene rings is 3. The minimum absolute atomic E-state index is 0.0535. The molecule has 146 valence electrons. The lowest BCUT2D eigenvalue weighted by molar-refractivity contribution is 0.100. The fraction of sp³-hybridized carbons (Fsp3) is 0. The van der Waals surface area contributed by atoms with Gasteiger partial charge in [0.15, 0.2) is 0 Å². The summed E-state index contributed by atoms with van der Waals surface area (Å²) in [5, 5.41) is 5.11. The smallest absolute Gasteiger partial charge is 0.250 e. The summed E-state index contributed by atoms with van der Waals surface area (Å²) in [6.45, 7) is 0. The standard InChI is InChI=1S/C21H16FN3O3S/c22-16-7-3-13(4-8-16)1-2-14-11-18(20(23)19(12-14)21(24)26)15-5-9-17(10-6-15)29(25,27)28/h3-12H,23H2,(H2,24,26)(H2,25,27,28). The monoisotopic (exact) mass is 409 g/mol. The maximum Gasteiger partial charge on any atom is 0.250 e. The average molecular weight is 409 g/mol. The van der Waals surface area contributed by atoms with Crippen molar-refractivity contribution in [1.82, 2.24) is 0 Å². The number of primary sulfonamides is 1. The van der Waals surface area contributed by atoms with Gasteiger partial charge < -0.3 is 11.5 Å². The van der Waals surface area contributed by atoms with Crippen LogP contribution in [0, 0.1) is 17.7 Å². The Bertz CT molecular complexity index is 1260. The van der Waals surface area contributed by atoms with Gasteiger partial charge in [0.05, 0.1) is 16.1 Å². The van der Waals surface area contributed by atoms with Crippen LogP contribution >= 0.6 is 0 Å². The number of amides is 1. The molecule has 0 aliphatic heterocycles. The summed E-state index contributed by atoms with van der Waals surface area (Å²) in [6, 6.07) is 14.5. The molecule has 0 unspecified atom stereocenters. The third-order valence-electron chi connectivity index (χ3n) is 4.13. The molecular weight excluding hydrogens is 393 g/mol. The maximum absolute atomic E-state index is 13.0. The Labute approximate surface area is 167 Å². The van der Waals surface area contributed by atoms with Gasteiger partial charge in [0.2, 0.25) is 10.0 Å². The van der Waals surface area contributed by atoms with Crippen LogP contribution in [0.2, 0.25) is 0 Å². The molecule has 0 aromatic heterocycles. The second kappa shape index (κ2) is 7.75. The molecule has 29 heavy (non-hydrogen) atoms. The molecule has 0 saturated heterocycles. The number of primary amides is 1. The Balaban J connectivity index is 2.10. The predicted octanol–water partition coefficient (Wildman–Crippen LogP) is 2.22. The van der Waals surface area contributed by atoms with Gasteiger partial charge in [-0.1, -0.05) is 24.0 Å². The number of sulfonamides is 1. The van der Waals surface area contributed by atoms with Crippen LogP contribution in [0.25, 0.3) is 11.1 Å². The van der Waals surface area contributed by atoms with Crippen molar-refractivity contribution < 1.29 is 17.6 Å². The van der Waals surface area contributed by atoms with E-state index in [1.54, 1.807) is 6.07 Å². The molecular formula is C21H16FN3O3S. The van der Waals surface area contributed by atoms with Crippen molar-refractivity contribution in [1.29, 1.82) is 0 Å². The summed E-state index contributed by atoms with van der Waals surface area (Å²) in [5.41, 5.74) is 13.8. The number of hydrogen-bond acceptors (Lipinski definition) is 4. The van der Waals surface area contributed by atoms with E-state index >= 15 is 0 Å². The molecule has 0 spiro atoms. The van der Waals surface area contributed by atoms with E-state index in [2.05, 4.69) is 11.8 Å². The first-order valence-corrected chi connectivity index (χ1v) is 9.84. The quantitative estimate of drug-likeness (QED) is 0.452. The number of carbonyl (C=O) groups excluding carboxylic acids is 1. The molecule has 6 N–H and O–H groups in total. The first-order valence-electron chi connectivity index (χ1n) is 8.29. The molecule has 0 bridgehead atoms. The molecule has 3 rings (SSSR count). The third kappa shape index (κ3) is 4.60.